The molecule has 18 heavy (non-hydrogen) atoms. The standard InChI is InChI=1S/C14H18O2.C2H6/c1-3-13-11(7-9-15)5-6-12(8-10-16)14(13)4-2;1-2/h3-6,15-16H,1-2,7-10H2;1-2H3. The maximum absolute atomic E-state index is 8.98. The van der Waals surface area contributed by atoms with Crippen LogP contribution in [-0.4, -0.2) is 23.4 Å². The van der Waals surface area contributed by atoms with Crippen molar-refractivity contribution in [2.45, 2.75) is 26.7 Å². The van der Waals surface area contributed by atoms with Gasteiger partial charge in [0.1, 0.15) is 0 Å². The van der Waals surface area contributed by atoms with Crippen LogP contribution in [0.3, 0.4) is 0 Å². The lowest BCUT2D eigenvalue weighted by Crippen LogP contribution is -2.01. The first kappa shape index (κ1) is 16.6. The van der Waals surface area contributed by atoms with Crippen molar-refractivity contribution in [1.82, 2.24) is 0 Å². The van der Waals surface area contributed by atoms with Gasteiger partial charge in [-0.15, -0.1) is 0 Å². The number of aliphatic hydroxyl groups excluding tert-OH is 2. The minimum Gasteiger partial charge on any atom is -0.396 e. The SMILES string of the molecule is C=Cc1c(CCO)ccc(CCO)c1C=C.CC. The molecule has 0 spiro atoms. The van der Waals surface area contributed by atoms with Crippen LogP contribution in [0.15, 0.2) is 25.3 Å². The van der Waals surface area contributed by atoms with E-state index in [1.807, 2.05) is 26.0 Å². The highest BCUT2D eigenvalue weighted by molar-refractivity contribution is 5.69. The summed E-state index contributed by atoms with van der Waals surface area (Å²) in [6.07, 6.45) is 4.79. The van der Waals surface area contributed by atoms with Crippen molar-refractivity contribution >= 4 is 12.2 Å². The van der Waals surface area contributed by atoms with E-state index in [0.29, 0.717) is 12.8 Å². The van der Waals surface area contributed by atoms with Crippen molar-refractivity contribution in [2.75, 3.05) is 13.2 Å². The van der Waals surface area contributed by atoms with E-state index in [1.165, 1.54) is 0 Å². The van der Waals surface area contributed by atoms with Gasteiger partial charge in [0.2, 0.25) is 0 Å². The highest BCUT2D eigenvalue weighted by Crippen LogP contribution is 2.23. The zero-order valence-electron chi connectivity index (χ0n) is 11.4. The molecule has 2 heteroatoms. The Labute approximate surface area is 110 Å². The van der Waals surface area contributed by atoms with Crippen LogP contribution < -0.4 is 0 Å². The average Bonchev–Trinajstić information content (AvgIpc) is 2.42. The zero-order valence-corrected chi connectivity index (χ0v) is 11.4. The minimum atomic E-state index is 0.122. The molecule has 0 aliphatic rings. The largest absolute Gasteiger partial charge is 0.396 e. The van der Waals surface area contributed by atoms with Gasteiger partial charge in [0.05, 0.1) is 0 Å². The van der Waals surface area contributed by atoms with Gasteiger partial charge in [-0.3, -0.25) is 0 Å². The lowest BCUT2D eigenvalue weighted by molar-refractivity contribution is 0.298. The lowest BCUT2D eigenvalue weighted by Gasteiger charge is -2.13. The molecule has 0 amide bonds. The summed E-state index contributed by atoms with van der Waals surface area (Å²) < 4.78 is 0. The quantitative estimate of drug-likeness (QED) is 0.812. The van der Waals surface area contributed by atoms with Crippen LogP contribution >= 0.6 is 0 Å². The van der Waals surface area contributed by atoms with Crippen molar-refractivity contribution in [3.05, 3.63) is 47.5 Å². The summed E-state index contributed by atoms with van der Waals surface area (Å²) >= 11 is 0. The van der Waals surface area contributed by atoms with Crippen LogP contribution in [0.1, 0.15) is 36.1 Å². The summed E-state index contributed by atoms with van der Waals surface area (Å²) in [7, 11) is 0. The summed E-state index contributed by atoms with van der Waals surface area (Å²) in [6, 6.07) is 3.95. The fraction of sp³-hybridized carbons (Fsp3) is 0.375. The van der Waals surface area contributed by atoms with E-state index in [-0.39, 0.29) is 13.2 Å². The van der Waals surface area contributed by atoms with Crippen molar-refractivity contribution < 1.29 is 10.2 Å². The number of hydrogen-bond donors (Lipinski definition) is 2. The molecule has 1 rings (SSSR count). The van der Waals surface area contributed by atoms with Gasteiger partial charge in [0.25, 0.3) is 0 Å². The summed E-state index contributed by atoms with van der Waals surface area (Å²) in [5.41, 5.74) is 4.15. The molecule has 0 radical (unpaired) electrons. The van der Waals surface area contributed by atoms with E-state index in [1.54, 1.807) is 12.2 Å². The summed E-state index contributed by atoms with van der Waals surface area (Å²) in [4.78, 5) is 0. The van der Waals surface area contributed by atoms with Crippen LogP contribution in [0, 0.1) is 0 Å². The third kappa shape index (κ3) is 4.13. The molecule has 0 aliphatic heterocycles. The molecule has 0 saturated carbocycles. The molecule has 100 valence electrons. The van der Waals surface area contributed by atoms with Gasteiger partial charge in [0, 0.05) is 13.2 Å². The minimum absolute atomic E-state index is 0.122. The van der Waals surface area contributed by atoms with Gasteiger partial charge < -0.3 is 10.2 Å². The average molecular weight is 248 g/mol. The van der Waals surface area contributed by atoms with Crippen LogP contribution in [0.2, 0.25) is 0 Å². The smallest absolute Gasteiger partial charge is 0.0471 e. The number of aliphatic hydroxyl groups is 2. The highest BCUT2D eigenvalue weighted by atomic mass is 16.3. The molecule has 0 bridgehead atoms. The maximum atomic E-state index is 8.98. The fourth-order valence-corrected chi connectivity index (χ4v) is 1.89. The monoisotopic (exact) mass is 248 g/mol. The number of benzene rings is 1. The summed E-state index contributed by atoms with van der Waals surface area (Å²) in [5.74, 6) is 0. The zero-order chi connectivity index (χ0) is 14.0. The van der Waals surface area contributed by atoms with E-state index < -0.39 is 0 Å². The molecule has 0 heterocycles. The molecular formula is C16H24O2. The van der Waals surface area contributed by atoms with E-state index in [0.717, 1.165) is 22.3 Å². The van der Waals surface area contributed by atoms with Gasteiger partial charge in [0.15, 0.2) is 0 Å². The van der Waals surface area contributed by atoms with Gasteiger partial charge in [-0.05, 0) is 35.1 Å². The molecule has 2 nitrogen and oxygen atoms in total. The van der Waals surface area contributed by atoms with Crippen molar-refractivity contribution in [2.24, 2.45) is 0 Å². The third-order valence-corrected chi connectivity index (χ3v) is 2.64. The second kappa shape index (κ2) is 9.63. The number of rotatable bonds is 6. The third-order valence-electron chi connectivity index (χ3n) is 2.64. The van der Waals surface area contributed by atoms with Gasteiger partial charge >= 0.3 is 0 Å². The summed E-state index contributed by atoms with van der Waals surface area (Å²) in [6.45, 7) is 11.8. The molecule has 0 saturated heterocycles. The second-order valence-corrected chi connectivity index (χ2v) is 3.57. The van der Waals surface area contributed by atoms with E-state index in [4.69, 9.17) is 10.2 Å². The summed E-state index contributed by atoms with van der Waals surface area (Å²) in [5, 5.41) is 18.0. The first-order valence-electron chi connectivity index (χ1n) is 6.39. The molecule has 0 atom stereocenters. The Morgan fingerprint density at radius 2 is 1.22 bits per heavy atom. The fourth-order valence-electron chi connectivity index (χ4n) is 1.89. The molecular weight excluding hydrogens is 224 g/mol. The second-order valence-electron chi connectivity index (χ2n) is 3.57. The van der Waals surface area contributed by atoms with Crippen LogP contribution in [0.4, 0.5) is 0 Å². The maximum Gasteiger partial charge on any atom is 0.0471 e. The molecule has 0 unspecified atom stereocenters. The first-order chi connectivity index (χ1) is 8.78. The van der Waals surface area contributed by atoms with Crippen molar-refractivity contribution in [1.29, 1.82) is 0 Å². The van der Waals surface area contributed by atoms with E-state index in [2.05, 4.69) is 13.2 Å². The normalized spacial score (nSPS) is 9.33. The Balaban J connectivity index is 0.00000137. The molecule has 0 aliphatic carbocycles. The Kier molecular flexibility index (Phi) is 8.89. The van der Waals surface area contributed by atoms with Crippen molar-refractivity contribution in [3.8, 4) is 0 Å². The molecule has 1 aromatic carbocycles. The lowest BCUT2D eigenvalue weighted by atomic mass is 9.93. The van der Waals surface area contributed by atoms with E-state index in [9.17, 15) is 0 Å². The van der Waals surface area contributed by atoms with Crippen LogP contribution in [0.5, 0.6) is 0 Å². The Morgan fingerprint density at radius 1 is 0.889 bits per heavy atom. The predicted molar refractivity (Wildman–Crippen MR) is 79.6 cm³/mol. The van der Waals surface area contributed by atoms with Crippen molar-refractivity contribution in [3.63, 3.8) is 0 Å². The Morgan fingerprint density at radius 3 is 1.44 bits per heavy atom. The molecule has 0 aromatic heterocycles. The van der Waals surface area contributed by atoms with Gasteiger partial charge in [-0.25, -0.2) is 0 Å². The predicted octanol–water partition coefficient (Wildman–Crippen LogP) is 3.07. The number of hydrogen-bond acceptors (Lipinski definition) is 2. The Hall–Kier alpha value is -1.38. The van der Waals surface area contributed by atoms with Crippen LogP contribution in [-0.2, 0) is 12.8 Å². The topological polar surface area (TPSA) is 40.5 Å². The van der Waals surface area contributed by atoms with Crippen LogP contribution in [0.25, 0.3) is 12.2 Å². The molecule has 0 fully saturated rings. The molecule has 1 aromatic rings. The first-order valence-corrected chi connectivity index (χ1v) is 6.39. The van der Waals surface area contributed by atoms with E-state index >= 15 is 0 Å². The van der Waals surface area contributed by atoms with Gasteiger partial charge in [-0.2, -0.15) is 0 Å². The Bertz CT molecular complexity index is 344. The molecule has 2 N–H and O–H groups in total. The van der Waals surface area contributed by atoms with Gasteiger partial charge in [-0.1, -0.05) is 51.3 Å². The highest BCUT2D eigenvalue weighted by Gasteiger charge is 2.08.